The van der Waals surface area contributed by atoms with E-state index in [0.717, 1.165) is 5.56 Å². The van der Waals surface area contributed by atoms with Gasteiger partial charge in [-0.2, -0.15) is 0 Å². The van der Waals surface area contributed by atoms with Crippen LogP contribution in [0, 0.1) is 0 Å². The molecule has 4 rings (SSSR count). The Balaban J connectivity index is 1.47. The van der Waals surface area contributed by atoms with Gasteiger partial charge in [-0.25, -0.2) is 4.79 Å². The Hall–Kier alpha value is -4.10. The van der Waals surface area contributed by atoms with Crippen molar-refractivity contribution < 1.29 is 19.4 Å². The molecule has 3 aromatic carbocycles. The highest BCUT2D eigenvalue weighted by atomic mass is 35.5. The summed E-state index contributed by atoms with van der Waals surface area (Å²) in [7, 11) is 0. The predicted molar refractivity (Wildman–Crippen MR) is 125 cm³/mol. The number of aromatic nitrogens is 1. The van der Waals surface area contributed by atoms with Crippen molar-refractivity contribution in [3.8, 4) is 11.5 Å². The van der Waals surface area contributed by atoms with Crippen molar-refractivity contribution in [3.05, 3.63) is 105 Å². The lowest BCUT2D eigenvalue weighted by molar-refractivity contribution is -0.120. The molecule has 0 bridgehead atoms. The van der Waals surface area contributed by atoms with Crippen LogP contribution < -0.4 is 15.6 Å². The van der Waals surface area contributed by atoms with Crippen LogP contribution in [0.25, 0.3) is 10.9 Å². The van der Waals surface area contributed by atoms with Crippen LogP contribution in [-0.4, -0.2) is 22.0 Å². The fourth-order valence-corrected chi connectivity index (χ4v) is 3.69. The van der Waals surface area contributed by atoms with Crippen LogP contribution in [0.5, 0.6) is 11.5 Å². The third-order valence-corrected chi connectivity index (χ3v) is 5.16. The molecule has 0 aliphatic rings. The van der Waals surface area contributed by atoms with Gasteiger partial charge in [0.25, 0.3) is 5.56 Å². The summed E-state index contributed by atoms with van der Waals surface area (Å²) in [5.74, 6) is -0.234. The Labute approximate surface area is 193 Å². The van der Waals surface area contributed by atoms with Crippen molar-refractivity contribution in [2.45, 2.75) is 13.0 Å². The van der Waals surface area contributed by atoms with Gasteiger partial charge in [0, 0.05) is 17.0 Å². The van der Waals surface area contributed by atoms with E-state index in [4.69, 9.17) is 21.4 Å². The number of rotatable bonds is 7. The minimum absolute atomic E-state index is 0.110. The molecule has 0 radical (unpaired) electrons. The van der Waals surface area contributed by atoms with Gasteiger partial charge < -0.3 is 20.1 Å². The maximum Gasteiger partial charge on any atom is 0.341 e. The van der Waals surface area contributed by atoms with E-state index < -0.39 is 11.5 Å². The molecular formula is C25H19ClN2O5. The van der Waals surface area contributed by atoms with Gasteiger partial charge in [-0.15, -0.1) is 0 Å². The molecule has 4 aromatic rings. The molecule has 7 nitrogen and oxygen atoms in total. The second-order valence-electron chi connectivity index (χ2n) is 7.36. The number of nitrogens with one attached hydrogen (secondary N) is 2. The lowest BCUT2D eigenvalue weighted by Gasteiger charge is -2.11. The van der Waals surface area contributed by atoms with Gasteiger partial charge in [0.2, 0.25) is 5.91 Å². The van der Waals surface area contributed by atoms with Crippen molar-refractivity contribution in [1.29, 1.82) is 0 Å². The number of ether oxygens (including phenoxy) is 1. The van der Waals surface area contributed by atoms with Gasteiger partial charge >= 0.3 is 5.97 Å². The minimum Gasteiger partial charge on any atom is -0.477 e. The van der Waals surface area contributed by atoms with E-state index >= 15 is 0 Å². The van der Waals surface area contributed by atoms with Crippen molar-refractivity contribution in [2.75, 3.05) is 0 Å². The van der Waals surface area contributed by atoms with Gasteiger partial charge in [-0.3, -0.25) is 9.59 Å². The zero-order valence-electron chi connectivity index (χ0n) is 17.3. The first kappa shape index (κ1) is 22.1. The van der Waals surface area contributed by atoms with Crippen LogP contribution in [0.4, 0.5) is 0 Å². The molecular weight excluding hydrogens is 444 g/mol. The molecule has 0 fully saturated rings. The molecule has 3 N–H and O–H groups in total. The Morgan fingerprint density at radius 3 is 2.48 bits per heavy atom. The van der Waals surface area contributed by atoms with E-state index in [-0.39, 0.29) is 24.4 Å². The Morgan fingerprint density at radius 2 is 1.73 bits per heavy atom. The van der Waals surface area contributed by atoms with Crippen LogP contribution in [0.15, 0.2) is 77.6 Å². The van der Waals surface area contributed by atoms with Crippen LogP contribution in [-0.2, 0) is 17.8 Å². The Morgan fingerprint density at radius 1 is 0.970 bits per heavy atom. The molecule has 0 aliphatic carbocycles. The highest BCUT2D eigenvalue weighted by Gasteiger charge is 2.14. The van der Waals surface area contributed by atoms with Crippen LogP contribution in [0.1, 0.15) is 21.5 Å². The molecule has 0 saturated heterocycles. The number of carbonyl (C=O) groups excluding carboxylic acids is 1. The molecule has 33 heavy (non-hydrogen) atoms. The Bertz CT molecular complexity index is 1400. The topological polar surface area (TPSA) is 108 Å². The third-order valence-electron chi connectivity index (χ3n) is 4.95. The summed E-state index contributed by atoms with van der Waals surface area (Å²) in [4.78, 5) is 38.4. The number of hydrogen-bond acceptors (Lipinski definition) is 4. The summed E-state index contributed by atoms with van der Waals surface area (Å²) < 4.78 is 5.81. The van der Waals surface area contributed by atoms with Crippen LogP contribution >= 0.6 is 11.6 Å². The average molecular weight is 463 g/mol. The number of aromatic amines is 1. The number of amides is 1. The number of benzene rings is 3. The number of H-pyrrole nitrogens is 1. The van der Waals surface area contributed by atoms with Crippen molar-refractivity contribution in [1.82, 2.24) is 10.3 Å². The second-order valence-corrected chi connectivity index (χ2v) is 7.80. The maximum absolute atomic E-state index is 12.6. The summed E-state index contributed by atoms with van der Waals surface area (Å²) in [5.41, 5.74) is 0.669. The van der Waals surface area contributed by atoms with E-state index in [1.54, 1.807) is 18.2 Å². The van der Waals surface area contributed by atoms with Crippen molar-refractivity contribution >= 4 is 34.4 Å². The first-order valence-electron chi connectivity index (χ1n) is 10.1. The second kappa shape index (κ2) is 9.58. The predicted octanol–water partition coefficient (Wildman–Crippen LogP) is 4.53. The molecule has 8 heteroatoms. The van der Waals surface area contributed by atoms with E-state index in [1.165, 1.54) is 6.07 Å². The van der Waals surface area contributed by atoms with E-state index in [9.17, 15) is 14.4 Å². The molecule has 0 atom stereocenters. The molecule has 0 saturated carbocycles. The van der Waals surface area contributed by atoms with Gasteiger partial charge in [-0.1, -0.05) is 41.9 Å². The zero-order valence-corrected chi connectivity index (χ0v) is 18.1. The first-order chi connectivity index (χ1) is 15.9. The Kier molecular flexibility index (Phi) is 6.42. The molecule has 1 heterocycles. The summed E-state index contributed by atoms with van der Waals surface area (Å²) in [6.07, 6.45) is 0.129. The lowest BCUT2D eigenvalue weighted by Crippen LogP contribution is -2.25. The van der Waals surface area contributed by atoms with Gasteiger partial charge in [0.05, 0.1) is 11.9 Å². The summed E-state index contributed by atoms with van der Waals surface area (Å²) in [6.45, 7) is 0.110. The lowest BCUT2D eigenvalue weighted by atomic mass is 10.1. The average Bonchev–Trinajstić information content (AvgIpc) is 2.78. The SMILES string of the molecule is O=C(Cc1cccc(Oc2ccccc2)c1)NCc1cc(Cl)cc2cc(C(=O)O)c(=O)[nH]c12. The number of carboxylic acids is 1. The van der Waals surface area contributed by atoms with Crippen molar-refractivity contribution in [2.24, 2.45) is 0 Å². The van der Waals surface area contributed by atoms with E-state index in [1.807, 2.05) is 48.5 Å². The van der Waals surface area contributed by atoms with E-state index in [0.29, 0.717) is 33.0 Å². The van der Waals surface area contributed by atoms with Gasteiger partial charge in [-0.05, 0) is 53.6 Å². The quantitative estimate of drug-likeness (QED) is 0.374. The highest BCUT2D eigenvalue weighted by molar-refractivity contribution is 6.31. The number of halogens is 1. The number of pyridine rings is 1. The number of carbonyl (C=O) groups is 2. The number of fused-ring (bicyclic) bond motifs is 1. The number of carboxylic acid groups (broad SMARTS) is 1. The summed E-state index contributed by atoms with van der Waals surface area (Å²) in [6, 6.07) is 21.1. The van der Waals surface area contributed by atoms with Gasteiger partial charge in [0.1, 0.15) is 17.1 Å². The fourth-order valence-electron chi connectivity index (χ4n) is 3.44. The fraction of sp³-hybridized carbons (Fsp3) is 0.0800. The molecule has 0 spiro atoms. The standard InChI is InChI=1S/C25H19ClN2O5/c26-18-11-16-13-21(25(31)32)24(30)28-23(16)17(12-18)14-27-22(29)10-15-5-4-8-20(9-15)33-19-6-2-1-3-7-19/h1-9,11-13H,10,14H2,(H,27,29)(H,28,30)(H,31,32). The van der Waals surface area contributed by atoms with Crippen LogP contribution in [0.3, 0.4) is 0 Å². The molecule has 1 aromatic heterocycles. The smallest absolute Gasteiger partial charge is 0.341 e. The number of para-hydroxylation sites is 1. The monoisotopic (exact) mass is 462 g/mol. The molecule has 0 aliphatic heterocycles. The van der Waals surface area contributed by atoms with Crippen molar-refractivity contribution in [3.63, 3.8) is 0 Å². The van der Waals surface area contributed by atoms with Crippen LogP contribution in [0.2, 0.25) is 5.02 Å². The first-order valence-corrected chi connectivity index (χ1v) is 10.4. The minimum atomic E-state index is -1.33. The molecule has 166 valence electrons. The summed E-state index contributed by atoms with van der Waals surface area (Å²) in [5, 5.41) is 12.8. The third kappa shape index (κ3) is 5.39. The maximum atomic E-state index is 12.6. The van der Waals surface area contributed by atoms with Gasteiger partial charge in [0.15, 0.2) is 0 Å². The largest absolute Gasteiger partial charge is 0.477 e. The normalized spacial score (nSPS) is 10.7. The number of hydrogen-bond donors (Lipinski definition) is 3. The number of aromatic carboxylic acids is 1. The highest BCUT2D eigenvalue weighted by Crippen LogP contribution is 2.23. The van der Waals surface area contributed by atoms with E-state index in [2.05, 4.69) is 10.3 Å². The summed E-state index contributed by atoms with van der Waals surface area (Å²) >= 11 is 6.16. The molecule has 0 unspecified atom stereocenters. The molecule has 1 amide bonds. The zero-order chi connectivity index (χ0) is 23.4.